The molecule has 2 aliphatic rings. The molecule has 0 bridgehead atoms. The van der Waals surface area contributed by atoms with E-state index in [1.165, 1.54) is 11.1 Å². The van der Waals surface area contributed by atoms with Crippen molar-refractivity contribution >= 4 is 23.5 Å². The first-order valence-electron chi connectivity index (χ1n) is 14.0. The van der Waals surface area contributed by atoms with Crippen molar-refractivity contribution in [1.29, 1.82) is 0 Å². The Balaban J connectivity index is 1.26. The van der Waals surface area contributed by atoms with Gasteiger partial charge in [0, 0.05) is 37.3 Å². The van der Waals surface area contributed by atoms with Crippen LogP contribution in [0.2, 0.25) is 0 Å². The Kier molecular flexibility index (Phi) is 9.30. The number of pyridine rings is 1. The second-order valence-electron chi connectivity index (χ2n) is 11.5. The van der Waals surface area contributed by atoms with Crippen LogP contribution in [0.25, 0.3) is 5.70 Å². The Hall–Kier alpha value is -3.95. The quantitative estimate of drug-likeness (QED) is 0.484. The summed E-state index contributed by atoms with van der Waals surface area (Å²) < 4.78 is 25.3. The van der Waals surface area contributed by atoms with Gasteiger partial charge in [0.1, 0.15) is 17.5 Å². The van der Waals surface area contributed by atoms with Gasteiger partial charge < -0.3 is 24.6 Å². The van der Waals surface area contributed by atoms with Crippen molar-refractivity contribution in [2.24, 2.45) is 5.92 Å². The van der Waals surface area contributed by atoms with Crippen molar-refractivity contribution in [1.82, 2.24) is 20.1 Å². The molecule has 1 aromatic carbocycles. The van der Waals surface area contributed by atoms with Crippen molar-refractivity contribution in [3.8, 4) is 5.75 Å². The first-order valence-corrected chi connectivity index (χ1v) is 14.0. The molecule has 1 aromatic heterocycles. The molecule has 2 amide bonds. The fourth-order valence-corrected chi connectivity index (χ4v) is 5.07. The normalized spacial score (nSPS) is 19.8. The average molecular weight is 567 g/mol. The number of carbonyl (C=O) groups excluding carboxylic acids is 3. The molecule has 0 radical (unpaired) electrons. The van der Waals surface area contributed by atoms with Gasteiger partial charge in [-0.2, -0.15) is 0 Å². The number of hydrogen-bond donors (Lipinski definition) is 1. The molecule has 2 atom stereocenters. The first-order chi connectivity index (χ1) is 19.4. The van der Waals surface area contributed by atoms with Crippen LogP contribution in [0.1, 0.15) is 66.4 Å². The molecule has 10 heteroatoms. The summed E-state index contributed by atoms with van der Waals surface area (Å²) in [6, 6.07) is 9.85. The molecular formula is C31H39FN4O5. The van der Waals surface area contributed by atoms with Crippen molar-refractivity contribution < 1.29 is 28.2 Å². The molecule has 1 N–H and O–H groups in total. The fourth-order valence-electron chi connectivity index (χ4n) is 5.07. The number of aromatic nitrogens is 1. The third-order valence-electron chi connectivity index (χ3n) is 7.45. The maximum Gasteiger partial charge on any atom is 0.410 e. The van der Waals surface area contributed by atoms with E-state index in [1.54, 1.807) is 64.3 Å². The average Bonchev–Trinajstić information content (AvgIpc) is 2.96. The third kappa shape index (κ3) is 7.62. The number of benzene rings is 1. The van der Waals surface area contributed by atoms with E-state index in [0.29, 0.717) is 49.3 Å². The van der Waals surface area contributed by atoms with E-state index < -0.39 is 29.8 Å². The number of hydrogen-bond acceptors (Lipinski definition) is 7. The van der Waals surface area contributed by atoms with Crippen molar-refractivity contribution in [3.05, 3.63) is 66.0 Å². The molecule has 2 aliphatic heterocycles. The Morgan fingerprint density at radius 1 is 0.976 bits per heavy atom. The lowest BCUT2D eigenvalue weighted by Gasteiger charge is -2.35. The highest BCUT2D eigenvalue weighted by Crippen LogP contribution is 2.27. The lowest BCUT2D eigenvalue weighted by molar-refractivity contribution is 0.00971. The van der Waals surface area contributed by atoms with Crippen LogP contribution in [0.4, 0.5) is 9.18 Å². The Labute approximate surface area is 240 Å². The van der Waals surface area contributed by atoms with Gasteiger partial charge in [-0.1, -0.05) is 6.58 Å². The number of methoxy groups -OCH3 is 1. The van der Waals surface area contributed by atoms with Gasteiger partial charge in [-0.15, -0.1) is 0 Å². The monoisotopic (exact) mass is 566 g/mol. The molecule has 0 aliphatic carbocycles. The lowest BCUT2D eigenvalue weighted by Crippen LogP contribution is -2.54. The van der Waals surface area contributed by atoms with Gasteiger partial charge in [-0.05, 0) is 76.4 Å². The number of piperidine rings is 2. The second-order valence-corrected chi connectivity index (χ2v) is 11.5. The fraction of sp³-hybridized carbons (Fsp3) is 0.484. The smallest absolute Gasteiger partial charge is 0.410 e. The molecular weight excluding hydrogens is 527 g/mol. The number of halogens is 1. The molecule has 2 aromatic rings. The highest BCUT2D eigenvalue weighted by molar-refractivity contribution is 5.98. The van der Waals surface area contributed by atoms with E-state index in [0.717, 1.165) is 11.4 Å². The van der Waals surface area contributed by atoms with Crippen LogP contribution in [-0.2, 0) is 4.74 Å². The number of carbonyl (C=O) groups is 3. The number of nitrogens with zero attached hydrogens (tertiary/aromatic N) is 3. The predicted octanol–water partition coefficient (Wildman–Crippen LogP) is 4.73. The zero-order valence-corrected chi connectivity index (χ0v) is 24.2. The SMILES string of the molecule is C=C(c1ccc(C(=O)NC2CCN(C(=O)OC(C)(C)C)C[C@H]2F)cn1)N1CCC(C(=O)c2ccc(OC)cc2)CC1. The number of amides is 2. The van der Waals surface area contributed by atoms with Crippen LogP contribution >= 0.6 is 0 Å². The minimum atomic E-state index is -1.41. The van der Waals surface area contributed by atoms with Gasteiger partial charge in [0.05, 0.1) is 36.7 Å². The first kappa shape index (κ1) is 30.0. The van der Waals surface area contributed by atoms with E-state index in [-0.39, 0.29) is 24.7 Å². The van der Waals surface area contributed by atoms with Gasteiger partial charge in [0.2, 0.25) is 0 Å². The standard InChI is InChI=1S/C31H39FN4O5/c1-20(35-15-12-22(13-16-35)28(37)21-6-9-24(40-5)10-7-21)26-11-8-23(18-33-26)29(38)34-27-14-17-36(19-25(27)32)30(39)41-31(2,3)4/h6-11,18,22,25,27H,1,12-17,19H2,2-5H3,(H,34,38)/t25-,27?/m1/s1. The number of Topliss-reactive ketones (excluding diaryl/α,β-unsaturated/α-hetero) is 1. The van der Waals surface area contributed by atoms with E-state index in [4.69, 9.17) is 9.47 Å². The zero-order chi connectivity index (χ0) is 29.7. The number of alkyl halides is 1. The molecule has 2 saturated heterocycles. The maximum atomic E-state index is 14.8. The summed E-state index contributed by atoms with van der Waals surface area (Å²) in [6.07, 6.45) is 1.19. The lowest BCUT2D eigenvalue weighted by atomic mass is 9.88. The van der Waals surface area contributed by atoms with E-state index in [9.17, 15) is 18.8 Å². The van der Waals surface area contributed by atoms with Crippen molar-refractivity contribution in [3.63, 3.8) is 0 Å². The van der Waals surface area contributed by atoms with Crippen LogP contribution in [0.15, 0.2) is 49.2 Å². The van der Waals surface area contributed by atoms with Gasteiger partial charge in [-0.3, -0.25) is 14.6 Å². The molecule has 0 saturated carbocycles. The Morgan fingerprint density at radius 3 is 2.17 bits per heavy atom. The summed E-state index contributed by atoms with van der Waals surface area (Å²) in [5.74, 6) is 0.376. The summed E-state index contributed by atoms with van der Waals surface area (Å²) in [6.45, 7) is 11.0. The molecule has 1 unspecified atom stereocenters. The van der Waals surface area contributed by atoms with Gasteiger partial charge in [-0.25, -0.2) is 9.18 Å². The van der Waals surface area contributed by atoms with Crippen molar-refractivity contribution in [2.75, 3.05) is 33.3 Å². The van der Waals surface area contributed by atoms with Crippen molar-refractivity contribution in [2.45, 2.75) is 57.8 Å². The van der Waals surface area contributed by atoms with Gasteiger partial charge in [0.25, 0.3) is 5.91 Å². The highest BCUT2D eigenvalue weighted by atomic mass is 19.1. The summed E-state index contributed by atoms with van der Waals surface area (Å²) >= 11 is 0. The number of rotatable bonds is 7. The molecule has 9 nitrogen and oxygen atoms in total. The van der Waals surface area contributed by atoms with Crippen LogP contribution in [0.5, 0.6) is 5.75 Å². The van der Waals surface area contributed by atoms with E-state index in [2.05, 4.69) is 21.8 Å². The maximum absolute atomic E-state index is 14.8. The number of ether oxygens (including phenoxy) is 2. The molecule has 220 valence electrons. The largest absolute Gasteiger partial charge is 0.497 e. The number of ketones is 1. The number of nitrogens with one attached hydrogen (secondary N) is 1. The zero-order valence-electron chi connectivity index (χ0n) is 24.2. The molecule has 41 heavy (non-hydrogen) atoms. The Bertz CT molecular complexity index is 1250. The Morgan fingerprint density at radius 2 is 1.61 bits per heavy atom. The highest BCUT2D eigenvalue weighted by Gasteiger charge is 2.34. The van der Waals surface area contributed by atoms with Crippen LogP contribution < -0.4 is 10.1 Å². The third-order valence-corrected chi connectivity index (χ3v) is 7.45. The van der Waals surface area contributed by atoms with E-state index in [1.807, 2.05) is 0 Å². The summed E-state index contributed by atoms with van der Waals surface area (Å²) in [5.41, 5.74) is 1.70. The van der Waals surface area contributed by atoms with Crippen LogP contribution in [0.3, 0.4) is 0 Å². The molecule has 4 rings (SSSR count). The van der Waals surface area contributed by atoms with Crippen LogP contribution in [0, 0.1) is 5.92 Å². The van der Waals surface area contributed by atoms with E-state index >= 15 is 0 Å². The minimum Gasteiger partial charge on any atom is -0.497 e. The second kappa shape index (κ2) is 12.7. The topological polar surface area (TPSA) is 101 Å². The summed E-state index contributed by atoms with van der Waals surface area (Å²) in [7, 11) is 1.60. The summed E-state index contributed by atoms with van der Waals surface area (Å²) in [4.78, 5) is 45.8. The van der Waals surface area contributed by atoms with Crippen LogP contribution in [-0.4, -0.2) is 83.7 Å². The predicted molar refractivity (Wildman–Crippen MR) is 153 cm³/mol. The number of likely N-dealkylation sites (tertiary alicyclic amines) is 2. The molecule has 3 heterocycles. The van der Waals surface area contributed by atoms with Gasteiger partial charge in [0.15, 0.2) is 5.78 Å². The minimum absolute atomic E-state index is 0.0539. The molecule has 0 spiro atoms. The van der Waals surface area contributed by atoms with Gasteiger partial charge >= 0.3 is 6.09 Å². The summed E-state index contributed by atoms with van der Waals surface area (Å²) in [5, 5.41) is 2.74. The molecule has 2 fully saturated rings.